The Balaban J connectivity index is 2.39. The van der Waals surface area contributed by atoms with E-state index in [-0.39, 0.29) is 12.4 Å². The van der Waals surface area contributed by atoms with Gasteiger partial charge in [-0.05, 0) is 54.7 Å². The number of carbonyl (C=O) groups is 1. The number of Topliss-reactive ketones (excluding diaryl/α,β-unsaturated/α-hetero) is 1. The van der Waals surface area contributed by atoms with E-state index in [1.54, 1.807) is 7.11 Å². The van der Waals surface area contributed by atoms with E-state index < -0.39 is 12.2 Å². The molecule has 0 spiro atoms. The second kappa shape index (κ2) is 10.2. The lowest BCUT2D eigenvalue weighted by atomic mass is 9.87. The summed E-state index contributed by atoms with van der Waals surface area (Å²) in [7, 11) is 1.58. The van der Waals surface area contributed by atoms with E-state index >= 15 is 0 Å². The third-order valence-electron chi connectivity index (χ3n) is 4.45. The molecule has 0 bridgehead atoms. The third-order valence-corrected chi connectivity index (χ3v) is 5.11. The van der Waals surface area contributed by atoms with E-state index in [2.05, 4.69) is 0 Å². The predicted octanol–water partition coefficient (Wildman–Crippen LogP) is 6.10. The molecule has 0 aliphatic carbocycles. The Morgan fingerprint density at radius 1 is 1.00 bits per heavy atom. The van der Waals surface area contributed by atoms with Gasteiger partial charge in [0.1, 0.15) is 6.61 Å². The van der Waals surface area contributed by atoms with Gasteiger partial charge in [-0.2, -0.15) is 0 Å². The number of carbonyl (C=O) groups excluding carboxylic acids is 1. The van der Waals surface area contributed by atoms with E-state index in [4.69, 9.17) is 32.7 Å². The minimum atomic E-state index is -0.592. The van der Waals surface area contributed by atoms with Gasteiger partial charge >= 0.3 is 0 Å². The molecule has 2 rings (SSSR count). The van der Waals surface area contributed by atoms with Crippen LogP contribution in [0, 0.1) is 13.8 Å². The highest BCUT2D eigenvalue weighted by Crippen LogP contribution is 2.36. The van der Waals surface area contributed by atoms with Gasteiger partial charge in [0.25, 0.3) is 0 Å². The van der Waals surface area contributed by atoms with Crippen LogP contribution in [-0.2, 0) is 14.3 Å². The molecular formula is C22H26Cl2O3. The van der Waals surface area contributed by atoms with Crippen LogP contribution in [-0.4, -0.2) is 25.8 Å². The fraction of sp³-hybridized carbons (Fsp3) is 0.409. The number of ketones is 1. The lowest BCUT2D eigenvalue weighted by molar-refractivity contribution is -0.148. The average Bonchev–Trinajstić information content (AvgIpc) is 2.62. The van der Waals surface area contributed by atoms with Crippen molar-refractivity contribution in [3.8, 4) is 0 Å². The second-order valence-electron chi connectivity index (χ2n) is 6.71. The summed E-state index contributed by atoms with van der Waals surface area (Å²) < 4.78 is 11.0. The summed E-state index contributed by atoms with van der Waals surface area (Å²) in [5, 5.41) is 1.09. The molecule has 3 nitrogen and oxygen atoms in total. The van der Waals surface area contributed by atoms with Crippen molar-refractivity contribution >= 4 is 29.0 Å². The molecule has 2 aromatic rings. The van der Waals surface area contributed by atoms with Crippen LogP contribution in [0.25, 0.3) is 0 Å². The van der Waals surface area contributed by atoms with Crippen LogP contribution in [0.5, 0.6) is 0 Å². The Bertz CT molecular complexity index is 738. The number of hydrogen-bond donors (Lipinski definition) is 0. The highest BCUT2D eigenvalue weighted by Gasteiger charge is 2.27. The first-order valence-corrected chi connectivity index (χ1v) is 9.82. The lowest BCUT2D eigenvalue weighted by Gasteiger charge is -2.22. The van der Waals surface area contributed by atoms with Gasteiger partial charge in [0.05, 0.1) is 5.92 Å². The summed E-state index contributed by atoms with van der Waals surface area (Å²) in [6, 6.07) is 11.4. The molecule has 1 atom stereocenters. The van der Waals surface area contributed by atoms with Gasteiger partial charge in [-0.15, -0.1) is 0 Å². The maximum Gasteiger partial charge on any atom is 0.170 e. The molecular weight excluding hydrogens is 383 g/mol. The van der Waals surface area contributed by atoms with E-state index in [1.165, 1.54) is 0 Å². The molecule has 0 saturated carbocycles. The first kappa shape index (κ1) is 21.9. The molecule has 0 saturated heterocycles. The van der Waals surface area contributed by atoms with Gasteiger partial charge in [0.2, 0.25) is 0 Å². The molecule has 0 aliphatic heterocycles. The quantitative estimate of drug-likeness (QED) is 0.470. The number of ether oxygens (including phenoxy) is 2. The van der Waals surface area contributed by atoms with Crippen LogP contribution < -0.4 is 0 Å². The first-order chi connectivity index (χ1) is 12.9. The van der Waals surface area contributed by atoms with Gasteiger partial charge in [0, 0.05) is 17.2 Å². The number of halogens is 2. The van der Waals surface area contributed by atoms with Gasteiger partial charge in [-0.1, -0.05) is 60.8 Å². The second-order valence-corrected chi connectivity index (χ2v) is 7.53. The van der Waals surface area contributed by atoms with Crippen LogP contribution in [0.15, 0.2) is 36.4 Å². The van der Waals surface area contributed by atoms with E-state index in [0.717, 1.165) is 35.1 Å². The zero-order valence-electron chi connectivity index (χ0n) is 16.2. The molecule has 0 heterocycles. The topological polar surface area (TPSA) is 35.5 Å². The van der Waals surface area contributed by atoms with E-state index in [0.29, 0.717) is 10.0 Å². The predicted molar refractivity (Wildman–Crippen MR) is 111 cm³/mol. The van der Waals surface area contributed by atoms with Gasteiger partial charge in [-0.3, -0.25) is 4.79 Å². The summed E-state index contributed by atoms with van der Waals surface area (Å²) >= 11 is 13.0. The van der Waals surface area contributed by atoms with Crippen molar-refractivity contribution in [1.29, 1.82) is 0 Å². The van der Waals surface area contributed by atoms with Crippen LogP contribution in [0.2, 0.25) is 10.0 Å². The Labute approximate surface area is 171 Å². The van der Waals surface area contributed by atoms with Crippen LogP contribution >= 0.6 is 23.2 Å². The van der Waals surface area contributed by atoms with Crippen molar-refractivity contribution in [3.63, 3.8) is 0 Å². The fourth-order valence-electron chi connectivity index (χ4n) is 3.01. The number of rotatable bonds is 9. The third kappa shape index (κ3) is 5.79. The molecule has 0 N–H and O–H groups in total. The Kier molecular flexibility index (Phi) is 8.30. The minimum Gasteiger partial charge on any atom is -0.356 e. The molecule has 2 aromatic carbocycles. The van der Waals surface area contributed by atoms with Gasteiger partial charge < -0.3 is 9.47 Å². The summed E-state index contributed by atoms with van der Waals surface area (Å²) in [5.41, 5.74) is 3.52. The molecule has 5 heteroatoms. The Morgan fingerprint density at radius 2 is 1.52 bits per heavy atom. The fourth-order valence-corrected chi connectivity index (χ4v) is 3.70. The molecule has 0 radical (unpaired) electrons. The zero-order valence-corrected chi connectivity index (χ0v) is 17.7. The van der Waals surface area contributed by atoms with E-state index in [9.17, 15) is 4.79 Å². The van der Waals surface area contributed by atoms with Gasteiger partial charge in [-0.25, -0.2) is 0 Å². The Morgan fingerprint density at radius 3 is 1.93 bits per heavy atom. The number of aryl methyl sites for hydroxylation is 2. The normalized spacial score (nSPS) is 12.4. The van der Waals surface area contributed by atoms with Crippen LogP contribution in [0.3, 0.4) is 0 Å². The molecule has 0 fully saturated rings. The SMILES string of the molecule is CCCC(OC)OCC(=O)C(c1ccc(C)cc1Cl)c1ccc(C)cc1Cl. The van der Waals surface area contributed by atoms with Crippen LogP contribution in [0.4, 0.5) is 0 Å². The monoisotopic (exact) mass is 408 g/mol. The molecule has 27 heavy (non-hydrogen) atoms. The average molecular weight is 409 g/mol. The van der Waals surface area contributed by atoms with Crippen molar-refractivity contribution in [2.45, 2.75) is 45.8 Å². The molecule has 0 amide bonds. The maximum absolute atomic E-state index is 13.1. The summed E-state index contributed by atoms with van der Waals surface area (Å²) in [4.78, 5) is 13.1. The highest BCUT2D eigenvalue weighted by molar-refractivity contribution is 6.33. The largest absolute Gasteiger partial charge is 0.356 e. The summed E-state index contributed by atoms with van der Waals surface area (Å²) in [5.74, 6) is -0.699. The summed E-state index contributed by atoms with van der Waals surface area (Å²) in [6.45, 7) is 5.89. The smallest absolute Gasteiger partial charge is 0.170 e. The number of hydrogen-bond acceptors (Lipinski definition) is 3. The number of benzene rings is 2. The lowest BCUT2D eigenvalue weighted by Crippen LogP contribution is -2.25. The molecule has 0 aromatic heterocycles. The van der Waals surface area contributed by atoms with Crippen molar-refractivity contribution in [2.75, 3.05) is 13.7 Å². The summed E-state index contributed by atoms with van der Waals surface area (Å²) in [6.07, 6.45) is 1.23. The molecule has 1 unspecified atom stereocenters. The zero-order chi connectivity index (χ0) is 20.0. The van der Waals surface area contributed by atoms with Crippen LogP contribution in [0.1, 0.15) is 47.9 Å². The highest BCUT2D eigenvalue weighted by atomic mass is 35.5. The van der Waals surface area contributed by atoms with E-state index in [1.807, 2.05) is 57.2 Å². The first-order valence-electron chi connectivity index (χ1n) is 9.06. The minimum absolute atomic E-state index is 0.0718. The van der Waals surface area contributed by atoms with Crippen molar-refractivity contribution in [2.24, 2.45) is 0 Å². The van der Waals surface area contributed by atoms with Gasteiger partial charge in [0.15, 0.2) is 12.1 Å². The maximum atomic E-state index is 13.1. The van der Waals surface area contributed by atoms with Crippen molar-refractivity contribution < 1.29 is 14.3 Å². The molecule has 0 aliphatic rings. The number of methoxy groups -OCH3 is 1. The Hall–Kier alpha value is -1.39. The molecule has 146 valence electrons. The standard InChI is InChI=1S/C22H26Cl2O3/c1-5-6-21(26-4)27-13-20(25)22(16-9-7-14(2)11-18(16)23)17-10-8-15(3)12-19(17)24/h7-12,21-22H,5-6,13H2,1-4H3. The van der Waals surface area contributed by atoms with Crippen molar-refractivity contribution in [3.05, 3.63) is 68.7 Å². The van der Waals surface area contributed by atoms with Crippen molar-refractivity contribution in [1.82, 2.24) is 0 Å².